The highest BCUT2D eigenvalue weighted by atomic mass is 16.7. The molecule has 5 heteroatoms. The van der Waals surface area contributed by atoms with Crippen molar-refractivity contribution in [2.24, 2.45) is 0 Å². The SMILES string of the molecule is CC.CC1(C)OB(c2ccnc(N)c2)OC1(C)C. The van der Waals surface area contributed by atoms with E-state index in [0.717, 1.165) is 5.46 Å². The third kappa shape index (κ3) is 2.84. The van der Waals surface area contributed by atoms with Gasteiger partial charge in [-0.3, -0.25) is 0 Å². The quantitative estimate of drug-likeness (QED) is 0.774. The second-order valence-electron chi connectivity index (χ2n) is 5.10. The summed E-state index contributed by atoms with van der Waals surface area (Å²) in [5.41, 5.74) is 5.90. The van der Waals surface area contributed by atoms with Crippen molar-refractivity contribution in [2.75, 3.05) is 5.73 Å². The highest BCUT2D eigenvalue weighted by molar-refractivity contribution is 6.62. The second-order valence-corrected chi connectivity index (χ2v) is 5.10. The molecule has 18 heavy (non-hydrogen) atoms. The van der Waals surface area contributed by atoms with E-state index in [1.54, 1.807) is 12.3 Å². The minimum absolute atomic E-state index is 0.324. The van der Waals surface area contributed by atoms with E-state index in [9.17, 15) is 0 Å². The van der Waals surface area contributed by atoms with Crippen LogP contribution < -0.4 is 11.2 Å². The maximum absolute atomic E-state index is 5.90. The number of hydrogen-bond acceptors (Lipinski definition) is 4. The summed E-state index contributed by atoms with van der Waals surface area (Å²) in [5.74, 6) is 0.479. The van der Waals surface area contributed by atoms with Gasteiger partial charge in [0.2, 0.25) is 0 Å². The van der Waals surface area contributed by atoms with Crippen molar-refractivity contribution in [1.29, 1.82) is 0 Å². The summed E-state index contributed by atoms with van der Waals surface area (Å²) in [4.78, 5) is 3.95. The van der Waals surface area contributed by atoms with Crippen LogP contribution >= 0.6 is 0 Å². The fraction of sp³-hybridized carbons (Fsp3) is 0.615. The van der Waals surface area contributed by atoms with Gasteiger partial charge in [-0.05, 0) is 45.3 Å². The fourth-order valence-corrected chi connectivity index (χ4v) is 1.59. The third-order valence-electron chi connectivity index (χ3n) is 3.33. The van der Waals surface area contributed by atoms with Crippen molar-refractivity contribution >= 4 is 18.4 Å². The number of rotatable bonds is 1. The number of aromatic nitrogens is 1. The van der Waals surface area contributed by atoms with Crippen molar-refractivity contribution in [1.82, 2.24) is 4.98 Å². The van der Waals surface area contributed by atoms with Gasteiger partial charge in [0.15, 0.2) is 0 Å². The summed E-state index contributed by atoms with van der Waals surface area (Å²) < 4.78 is 11.8. The van der Waals surface area contributed by atoms with E-state index in [4.69, 9.17) is 15.0 Å². The average Bonchev–Trinajstić information content (AvgIpc) is 2.51. The average molecular weight is 250 g/mol. The minimum Gasteiger partial charge on any atom is -0.399 e. The number of hydrogen-bond donors (Lipinski definition) is 1. The van der Waals surface area contributed by atoms with Gasteiger partial charge in [0, 0.05) is 6.20 Å². The molecular formula is C13H23BN2O2. The topological polar surface area (TPSA) is 57.4 Å². The van der Waals surface area contributed by atoms with Gasteiger partial charge in [0.25, 0.3) is 0 Å². The molecule has 1 fully saturated rings. The molecule has 2 heterocycles. The van der Waals surface area contributed by atoms with Crippen molar-refractivity contribution in [3.05, 3.63) is 18.3 Å². The molecule has 0 spiro atoms. The molecule has 0 saturated carbocycles. The van der Waals surface area contributed by atoms with Crippen LogP contribution in [0.2, 0.25) is 0 Å². The van der Waals surface area contributed by atoms with Crippen LogP contribution in [0.25, 0.3) is 0 Å². The van der Waals surface area contributed by atoms with E-state index >= 15 is 0 Å². The van der Waals surface area contributed by atoms with Crippen molar-refractivity contribution in [3.63, 3.8) is 0 Å². The lowest BCUT2D eigenvalue weighted by Gasteiger charge is -2.32. The Morgan fingerprint density at radius 3 is 2.06 bits per heavy atom. The summed E-state index contributed by atoms with van der Waals surface area (Å²) in [5, 5.41) is 0. The molecule has 0 aromatic carbocycles. The lowest BCUT2D eigenvalue weighted by Crippen LogP contribution is -2.41. The molecule has 1 aliphatic heterocycles. The highest BCUT2D eigenvalue weighted by Gasteiger charge is 2.51. The van der Waals surface area contributed by atoms with Crippen LogP contribution in [0.5, 0.6) is 0 Å². The fourth-order valence-electron chi connectivity index (χ4n) is 1.59. The van der Waals surface area contributed by atoms with Gasteiger partial charge in [0.05, 0.1) is 11.2 Å². The zero-order chi connectivity index (χ0) is 14.0. The molecule has 0 unspecified atom stereocenters. The number of nitrogen functional groups attached to an aromatic ring is 1. The van der Waals surface area contributed by atoms with Crippen LogP contribution in [-0.4, -0.2) is 23.3 Å². The Bertz CT molecular complexity index is 392. The Hall–Kier alpha value is -1.07. The number of pyridine rings is 1. The third-order valence-corrected chi connectivity index (χ3v) is 3.33. The first-order valence-corrected chi connectivity index (χ1v) is 6.39. The van der Waals surface area contributed by atoms with Gasteiger partial charge in [0.1, 0.15) is 5.82 Å². The second kappa shape index (κ2) is 5.28. The first-order valence-electron chi connectivity index (χ1n) is 6.39. The molecule has 0 radical (unpaired) electrons. The van der Waals surface area contributed by atoms with Gasteiger partial charge in [-0.25, -0.2) is 4.98 Å². The zero-order valence-electron chi connectivity index (χ0n) is 12.2. The van der Waals surface area contributed by atoms with Crippen LogP contribution in [0.4, 0.5) is 5.82 Å². The van der Waals surface area contributed by atoms with Gasteiger partial charge in [-0.15, -0.1) is 0 Å². The predicted octanol–water partition coefficient (Wildman–Crippen LogP) is 1.99. The largest absolute Gasteiger partial charge is 0.495 e. The Kier molecular flexibility index (Phi) is 4.40. The molecular weight excluding hydrogens is 227 g/mol. The van der Waals surface area contributed by atoms with E-state index in [2.05, 4.69) is 4.98 Å². The van der Waals surface area contributed by atoms with E-state index in [0.29, 0.717) is 5.82 Å². The minimum atomic E-state index is -0.365. The smallest absolute Gasteiger partial charge is 0.399 e. The summed E-state index contributed by atoms with van der Waals surface area (Å²) in [6, 6.07) is 3.64. The lowest BCUT2D eigenvalue weighted by atomic mass is 9.80. The molecule has 1 saturated heterocycles. The first kappa shape index (κ1) is 15.0. The summed E-state index contributed by atoms with van der Waals surface area (Å²) in [6.45, 7) is 12.1. The molecule has 100 valence electrons. The molecule has 0 atom stereocenters. The molecule has 0 aliphatic carbocycles. The van der Waals surface area contributed by atoms with Gasteiger partial charge >= 0.3 is 7.12 Å². The molecule has 1 aromatic rings. The number of anilines is 1. The van der Waals surface area contributed by atoms with E-state index in [-0.39, 0.29) is 18.3 Å². The van der Waals surface area contributed by atoms with Crippen molar-refractivity contribution < 1.29 is 9.31 Å². The van der Waals surface area contributed by atoms with Gasteiger partial charge in [-0.1, -0.05) is 13.8 Å². The summed E-state index contributed by atoms with van der Waals surface area (Å²) in [6.07, 6.45) is 1.66. The number of nitrogens with two attached hydrogens (primary N) is 1. The molecule has 1 aliphatic rings. The Labute approximate surface area is 110 Å². The predicted molar refractivity (Wildman–Crippen MR) is 75.7 cm³/mol. The first-order chi connectivity index (χ1) is 8.32. The van der Waals surface area contributed by atoms with Gasteiger partial charge in [-0.2, -0.15) is 0 Å². The van der Waals surface area contributed by atoms with Crippen LogP contribution in [0.1, 0.15) is 41.5 Å². The van der Waals surface area contributed by atoms with Crippen LogP contribution in [0, 0.1) is 0 Å². The maximum Gasteiger partial charge on any atom is 0.495 e. The van der Waals surface area contributed by atoms with Crippen LogP contribution in [-0.2, 0) is 9.31 Å². The van der Waals surface area contributed by atoms with E-state index < -0.39 is 0 Å². The molecule has 0 amide bonds. The normalized spacial score (nSPS) is 20.2. The van der Waals surface area contributed by atoms with E-state index in [1.165, 1.54) is 0 Å². The number of nitrogens with zero attached hydrogens (tertiary/aromatic N) is 1. The summed E-state index contributed by atoms with van der Waals surface area (Å²) >= 11 is 0. The molecule has 0 bridgehead atoms. The zero-order valence-corrected chi connectivity index (χ0v) is 12.2. The van der Waals surface area contributed by atoms with E-state index in [1.807, 2.05) is 47.6 Å². The standard InChI is InChI=1S/C11H17BN2O2.C2H6/c1-10(2)11(3,4)16-12(15-10)8-5-6-14-9(13)7-8;1-2/h5-7H,1-4H3,(H2,13,14);1-2H3. The molecule has 2 N–H and O–H groups in total. The Morgan fingerprint density at radius 2 is 1.61 bits per heavy atom. The molecule has 4 nitrogen and oxygen atoms in total. The van der Waals surface area contributed by atoms with Crippen LogP contribution in [0.3, 0.4) is 0 Å². The maximum atomic E-state index is 5.90. The Balaban J connectivity index is 0.000000771. The molecule has 1 aromatic heterocycles. The van der Waals surface area contributed by atoms with Crippen molar-refractivity contribution in [2.45, 2.75) is 52.7 Å². The summed E-state index contributed by atoms with van der Waals surface area (Å²) in [7, 11) is -0.365. The molecule has 2 rings (SSSR count). The van der Waals surface area contributed by atoms with Crippen molar-refractivity contribution in [3.8, 4) is 0 Å². The monoisotopic (exact) mass is 250 g/mol. The van der Waals surface area contributed by atoms with Crippen LogP contribution in [0.15, 0.2) is 18.3 Å². The highest BCUT2D eigenvalue weighted by Crippen LogP contribution is 2.36. The Morgan fingerprint density at radius 1 is 1.11 bits per heavy atom. The lowest BCUT2D eigenvalue weighted by molar-refractivity contribution is 0.00578. The van der Waals surface area contributed by atoms with Gasteiger partial charge < -0.3 is 15.0 Å².